The number of aromatic hydroxyl groups is 2. The maximum absolute atomic E-state index is 10.4. The fourth-order valence-corrected chi connectivity index (χ4v) is 5.15. The van der Waals surface area contributed by atoms with Crippen molar-refractivity contribution in [2.45, 2.75) is 65.0 Å². The molecule has 2 fully saturated rings. The second-order valence-corrected chi connectivity index (χ2v) is 9.04. The molecule has 2 aliphatic carbocycles. The highest BCUT2D eigenvalue weighted by molar-refractivity contribution is 5.86. The van der Waals surface area contributed by atoms with Crippen molar-refractivity contribution in [1.29, 1.82) is 0 Å². The average Bonchev–Trinajstić information content (AvgIpc) is 3.23. The van der Waals surface area contributed by atoms with Crippen LogP contribution in [0.2, 0.25) is 0 Å². The maximum atomic E-state index is 10.4. The lowest BCUT2D eigenvalue weighted by molar-refractivity contribution is 0.367. The largest absolute Gasteiger partial charge is 0.507 e. The van der Waals surface area contributed by atoms with Gasteiger partial charge in [0.1, 0.15) is 11.5 Å². The van der Waals surface area contributed by atoms with Crippen molar-refractivity contribution in [2.75, 3.05) is 0 Å². The molecule has 2 aromatic rings. The second kappa shape index (κ2) is 7.33. The molecule has 0 aromatic heterocycles. The van der Waals surface area contributed by atoms with E-state index < -0.39 is 0 Å². The van der Waals surface area contributed by atoms with Crippen LogP contribution in [-0.4, -0.2) is 34.2 Å². The predicted octanol–water partition coefficient (Wildman–Crippen LogP) is 5.18. The number of aliphatic imine (C=N–C) groups is 2. The quantitative estimate of drug-likeness (QED) is 0.707. The molecule has 0 heterocycles. The zero-order valence-electron chi connectivity index (χ0n) is 17.7. The normalized spacial score (nSPS) is 26.2. The average molecular weight is 391 g/mol. The van der Waals surface area contributed by atoms with Gasteiger partial charge < -0.3 is 10.2 Å². The van der Waals surface area contributed by atoms with Crippen LogP contribution in [-0.2, 0) is 0 Å². The topological polar surface area (TPSA) is 65.2 Å². The lowest BCUT2D eigenvalue weighted by Crippen LogP contribution is -2.34. The van der Waals surface area contributed by atoms with Gasteiger partial charge in [0.15, 0.2) is 0 Å². The minimum absolute atomic E-state index is 0.116. The smallest absolute Gasteiger partial charge is 0.127 e. The van der Waals surface area contributed by atoms with Gasteiger partial charge in [-0.2, -0.15) is 0 Å². The first kappa shape index (κ1) is 19.7. The van der Waals surface area contributed by atoms with Crippen LogP contribution in [0.3, 0.4) is 0 Å². The summed E-state index contributed by atoms with van der Waals surface area (Å²) in [7, 11) is 0. The van der Waals surface area contributed by atoms with Gasteiger partial charge in [0, 0.05) is 23.6 Å². The van der Waals surface area contributed by atoms with E-state index in [2.05, 4.69) is 0 Å². The van der Waals surface area contributed by atoms with Gasteiger partial charge >= 0.3 is 0 Å². The van der Waals surface area contributed by atoms with Crippen LogP contribution in [0, 0.1) is 33.6 Å². The molecule has 3 atom stereocenters. The Morgan fingerprint density at radius 3 is 2.07 bits per heavy atom. The van der Waals surface area contributed by atoms with E-state index >= 15 is 0 Å². The fraction of sp³-hybridized carbons (Fsp3) is 0.440. The van der Waals surface area contributed by atoms with E-state index in [1.165, 1.54) is 6.42 Å². The van der Waals surface area contributed by atoms with E-state index in [0.29, 0.717) is 17.4 Å². The van der Waals surface area contributed by atoms with Crippen molar-refractivity contribution >= 4 is 12.4 Å². The highest BCUT2D eigenvalue weighted by atomic mass is 16.3. The van der Waals surface area contributed by atoms with Crippen LogP contribution in [0.4, 0.5) is 0 Å². The molecule has 2 aliphatic rings. The van der Waals surface area contributed by atoms with E-state index in [1.807, 2.05) is 64.4 Å². The molecule has 4 heteroatoms. The number of nitrogens with zero attached hydrogens (tertiary/aromatic N) is 2. The van der Waals surface area contributed by atoms with Crippen molar-refractivity contribution in [1.82, 2.24) is 0 Å². The molecule has 4 nitrogen and oxygen atoms in total. The molecule has 2 N–H and O–H groups in total. The highest BCUT2D eigenvalue weighted by Gasteiger charge is 2.52. The number of rotatable bonds is 4. The first-order valence-corrected chi connectivity index (χ1v) is 10.5. The molecule has 2 saturated carbocycles. The monoisotopic (exact) mass is 390 g/mol. The summed E-state index contributed by atoms with van der Waals surface area (Å²) in [6.07, 6.45) is 7.98. The summed E-state index contributed by atoms with van der Waals surface area (Å²) >= 11 is 0. The Kier molecular flexibility index (Phi) is 4.97. The van der Waals surface area contributed by atoms with Crippen LogP contribution in [0.5, 0.6) is 11.5 Å². The van der Waals surface area contributed by atoms with Crippen molar-refractivity contribution in [2.24, 2.45) is 15.9 Å². The second-order valence-electron chi connectivity index (χ2n) is 9.04. The van der Waals surface area contributed by atoms with Gasteiger partial charge in [-0.3, -0.25) is 9.98 Å². The molecule has 2 bridgehead atoms. The molecule has 0 aliphatic heterocycles. The SMILES string of the molecule is Cc1cc(C)c(O)c(C=NC2CC3CCC2(N=Cc2cc(C)cc(C)c2O)C3)c1. The van der Waals surface area contributed by atoms with E-state index in [-0.39, 0.29) is 11.6 Å². The molecular formula is C25H30N2O2. The number of phenols is 2. The Morgan fingerprint density at radius 1 is 0.897 bits per heavy atom. The van der Waals surface area contributed by atoms with E-state index in [1.54, 1.807) is 0 Å². The molecule has 0 saturated heterocycles. The van der Waals surface area contributed by atoms with Crippen LogP contribution in [0.1, 0.15) is 59.1 Å². The van der Waals surface area contributed by atoms with Crippen molar-refractivity contribution in [3.8, 4) is 11.5 Å². The Hall–Kier alpha value is -2.62. The first-order chi connectivity index (χ1) is 13.8. The minimum atomic E-state index is -0.195. The third-order valence-electron chi connectivity index (χ3n) is 6.61. The van der Waals surface area contributed by atoms with Gasteiger partial charge in [0.05, 0.1) is 11.6 Å². The van der Waals surface area contributed by atoms with Crippen molar-refractivity contribution in [3.63, 3.8) is 0 Å². The molecule has 0 spiro atoms. The zero-order valence-corrected chi connectivity index (χ0v) is 17.7. The summed E-state index contributed by atoms with van der Waals surface area (Å²) in [5.74, 6) is 1.28. The Bertz CT molecular complexity index is 1010. The van der Waals surface area contributed by atoms with Gasteiger partial charge in [0.2, 0.25) is 0 Å². The summed E-state index contributed by atoms with van der Waals surface area (Å²) in [6, 6.07) is 8.03. The van der Waals surface area contributed by atoms with E-state index in [0.717, 1.165) is 52.6 Å². The van der Waals surface area contributed by atoms with Gasteiger partial charge in [-0.15, -0.1) is 0 Å². The van der Waals surface area contributed by atoms with Crippen LogP contribution in [0.25, 0.3) is 0 Å². The van der Waals surface area contributed by atoms with Crippen LogP contribution in [0.15, 0.2) is 34.3 Å². The van der Waals surface area contributed by atoms with Crippen molar-refractivity contribution < 1.29 is 10.2 Å². The molecule has 0 radical (unpaired) electrons. The molecule has 4 rings (SSSR count). The van der Waals surface area contributed by atoms with Gasteiger partial charge in [0.25, 0.3) is 0 Å². The van der Waals surface area contributed by atoms with Gasteiger partial charge in [-0.25, -0.2) is 0 Å². The van der Waals surface area contributed by atoms with Crippen molar-refractivity contribution in [3.05, 3.63) is 57.6 Å². The third-order valence-corrected chi connectivity index (χ3v) is 6.61. The first-order valence-electron chi connectivity index (χ1n) is 10.5. The molecule has 0 amide bonds. The lowest BCUT2D eigenvalue weighted by atomic mass is 9.89. The third kappa shape index (κ3) is 3.68. The molecular weight excluding hydrogens is 360 g/mol. The number of benzene rings is 2. The summed E-state index contributed by atoms with van der Waals surface area (Å²) in [5, 5.41) is 20.8. The molecule has 152 valence electrons. The van der Waals surface area contributed by atoms with E-state index in [9.17, 15) is 10.2 Å². The van der Waals surface area contributed by atoms with Gasteiger partial charge in [-0.05, 0) is 93.7 Å². The number of fused-ring (bicyclic) bond motifs is 2. The minimum Gasteiger partial charge on any atom is -0.507 e. The predicted molar refractivity (Wildman–Crippen MR) is 119 cm³/mol. The maximum Gasteiger partial charge on any atom is 0.127 e. The number of aryl methyl sites for hydroxylation is 4. The summed E-state index contributed by atoms with van der Waals surface area (Å²) in [6.45, 7) is 7.90. The molecule has 3 unspecified atom stereocenters. The fourth-order valence-electron chi connectivity index (χ4n) is 5.15. The number of hydrogen-bond donors (Lipinski definition) is 2. The lowest BCUT2D eigenvalue weighted by Gasteiger charge is -2.28. The summed E-state index contributed by atoms with van der Waals surface area (Å²) in [4.78, 5) is 9.92. The standard InChI is InChI=1S/C25H30N2O2/c1-15-7-17(3)23(28)20(9-15)13-26-22-11-19-5-6-25(22,12-19)27-14-21-10-16(2)8-18(4)24(21)29/h7-10,13-14,19,22,28-29H,5-6,11-12H2,1-4H3. The van der Waals surface area contributed by atoms with Crippen LogP contribution < -0.4 is 0 Å². The van der Waals surface area contributed by atoms with E-state index in [4.69, 9.17) is 9.98 Å². The molecule has 2 aromatic carbocycles. The van der Waals surface area contributed by atoms with Gasteiger partial charge in [-0.1, -0.05) is 12.1 Å². The Labute approximate surface area is 173 Å². The zero-order chi connectivity index (χ0) is 20.8. The Morgan fingerprint density at radius 2 is 1.48 bits per heavy atom. The van der Waals surface area contributed by atoms with Crippen LogP contribution >= 0.6 is 0 Å². The number of hydrogen-bond acceptors (Lipinski definition) is 4. The number of phenolic OH excluding ortho intramolecular Hbond substituents is 2. The summed E-state index contributed by atoms with van der Waals surface area (Å²) < 4.78 is 0. The Balaban J connectivity index is 1.63. The highest BCUT2D eigenvalue weighted by Crippen LogP contribution is 2.51. The molecule has 29 heavy (non-hydrogen) atoms. The summed E-state index contributed by atoms with van der Waals surface area (Å²) in [5.41, 5.74) is 5.34.